The number of carbonyl (C=O) groups is 2. The molecule has 1 heterocycles. The third-order valence-corrected chi connectivity index (χ3v) is 4.41. The number of amides is 2. The first-order chi connectivity index (χ1) is 9.00. The lowest BCUT2D eigenvalue weighted by atomic mass is 9.82. The van der Waals surface area contributed by atoms with Crippen LogP contribution in [0.1, 0.15) is 39.0 Å². The molecule has 1 aliphatic carbocycles. The summed E-state index contributed by atoms with van der Waals surface area (Å²) in [6, 6.07) is -0.752. The van der Waals surface area contributed by atoms with Crippen molar-refractivity contribution in [1.29, 1.82) is 0 Å². The first-order valence-corrected chi connectivity index (χ1v) is 7.74. The molecule has 1 saturated carbocycles. The number of nitrogens with one attached hydrogen (secondary N) is 1. The fourth-order valence-corrected chi connectivity index (χ4v) is 3.30. The van der Waals surface area contributed by atoms with Crippen LogP contribution in [0.25, 0.3) is 0 Å². The van der Waals surface area contributed by atoms with Gasteiger partial charge in [-0.1, -0.05) is 41.8 Å². The largest absolute Gasteiger partial charge is 0.342 e. The van der Waals surface area contributed by atoms with E-state index in [4.69, 9.17) is 0 Å². The zero-order chi connectivity index (χ0) is 14.0. The van der Waals surface area contributed by atoms with Crippen molar-refractivity contribution in [2.75, 3.05) is 6.54 Å². The minimum atomic E-state index is -0.415. The zero-order valence-electron chi connectivity index (χ0n) is 11.3. The summed E-state index contributed by atoms with van der Waals surface area (Å²) < 4.78 is 0.727. The Kier molecular flexibility index (Phi) is 4.66. The predicted octanol–water partition coefficient (Wildman–Crippen LogP) is 2.19. The third kappa shape index (κ3) is 3.19. The van der Waals surface area contributed by atoms with Gasteiger partial charge in [-0.15, -0.1) is 0 Å². The molecule has 4 nitrogen and oxygen atoms in total. The maximum atomic E-state index is 12.6. The van der Waals surface area contributed by atoms with E-state index in [0.29, 0.717) is 12.5 Å². The molecule has 2 rings (SSSR count). The van der Waals surface area contributed by atoms with Gasteiger partial charge < -0.3 is 10.2 Å². The van der Waals surface area contributed by atoms with Crippen LogP contribution < -0.4 is 5.32 Å². The molecule has 0 bridgehead atoms. The number of carbonyl (C=O) groups excluding carboxylic acids is 2. The molecule has 1 N–H and O–H groups in total. The van der Waals surface area contributed by atoms with Gasteiger partial charge >= 0.3 is 0 Å². The Labute approximate surface area is 122 Å². The van der Waals surface area contributed by atoms with E-state index >= 15 is 0 Å². The summed E-state index contributed by atoms with van der Waals surface area (Å²) in [6.07, 6.45) is 5.63. The molecule has 1 saturated heterocycles. The molecule has 19 heavy (non-hydrogen) atoms. The van der Waals surface area contributed by atoms with Crippen LogP contribution in [-0.4, -0.2) is 35.3 Å². The Hall–Kier alpha value is -0.840. The molecule has 106 valence electrons. The molecule has 0 aromatic heterocycles. The standard InChI is InChI=1S/C14H21BrN2O2/c1-9(15)8-17-10(2)13(18)16-12(14(17)19)11-6-4-3-5-7-11/h10-12H,1,3-8H2,2H3,(H,16,18). The summed E-state index contributed by atoms with van der Waals surface area (Å²) in [7, 11) is 0. The van der Waals surface area contributed by atoms with Crippen molar-refractivity contribution in [3.8, 4) is 0 Å². The molecule has 0 spiro atoms. The highest BCUT2D eigenvalue weighted by atomic mass is 79.9. The van der Waals surface area contributed by atoms with Gasteiger partial charge in [-0.25, -0.2) is 0 Å². The van der Waals surface area contributed by atoms with Gasteiger partial charge in [-0.2, -0.15) is 0 Å². The summed E-state index contributed by atoms with van der Waals surface area (Å²) in [4.78, 5) is 26.2. The van der Waals surface area contributed by atoms with Crippen LogP contribution in [0.3, 0.4) is 0 Å². The van der Waals surface area contributed by atoms with E-state index in [1.54, 1.807) is 11.8 Å². The molecule has 2 atom stereocenters. The van der Waals surface area contributed by atoms with Crippen molar-refractivity contribution >= 4 is 27.7 Å². The maximum absolute atomic E-state index is 12.6. The van der Waals surface area contributed by atoms with Crippen LogP contribution in [0, 0.1) is 5.92 Å². The van der Waals surface area contributed by atoms with E-state index in [2.05, 4.69) is 27.8 Å². The van der Waals surface area contributed by atoms with Gasteiger partial charge in [0.05, 0.1) is 6.54 Å². The number of nitrogens with zero attached hydrogens (tertiary/aromatic N) is 1. The second kappa shape index (κ2) is 6.07. The molecular weight excluding hydrogens is 308 g/mol. The Balaban J connectivity index is 2.13. The van der Waals surface area contributed by atoms with Gasteiger partial charge in [0, 0.05) is 4.48 Å². The van der Waals surface area contributed by atoms with Crippen LogP contribution in [0.2, 0.25) is 0 Å². The number of halogens is 1. The van der Waals surface area contributed by atoms with Crippen LogP contribution in [0.15, 0.2) is 11.1 Å². The van der Waals surface area contributed by atoms with Crippen molar-refractivity contribution in [3.63, 3.8) is 0 Å². The van der Waals surface area contributed by atoms with E-state index in [9.17, 15) is 9.59 Å². The maximum Gasteiger partial charge on any atom is 0.246 e. The average molecular weight is 329 g/mol. The van der Waals surface area contributed by atoms with Gasteiger partial charge in [0.25, 0.3) is 0 Å². The highest BCUT2D eigenvalue weighted by molar-refractivity contribution is 9.11. The number of rotatable bonds is 3. The summed E-state index contributed by atoms with van der Waals surface area (Å²) >= 11 is 3.28. The summed E-state index contributed by atoms with van der Waals surface area (Å²) in [5, 5.41) is 2.91. The van der Waals surface area contributed by atoms with Crippen molar-refractivity contribution < 1.29 is 9.59 Å². The van der Waals surface area contributed by atoms with Gasteiger partial charge in [0.15, 0.2) is 0 Å². The molecule has 2 amide bonds. The van der Waals surface area contributed by atoms with Crippen LogP contribution in [-0.2, 0) is 9.59 Å². The summed E-state index contributed by atoms with van der Waals surface area (Å²) in [5.41, 5.74) is 0. The quantitative estimate of drug-likeness (QED) is 0.863. The Bertz CT molecular complexity index is 391. The molecule has 2 aliphatic rings. The lowest BCUT2D eigenvalue weighted by Gasteiger charge is -2.41. The number of hydrogen-bond donors (Lipinski definition) is 1. The lowest BCUT2D eigenvalue weighted by Crippen LogP contribution is -2.64. The predicted molar refractivity (Wildman–Crippen MR) is 77.7 cm³/mol. The minimum absolute atomic E-state index is 0.0413. The highest BCUT2D eigenvalue weighted by Gasteiger charge is 2.41. The first-order valence-electron chi connectivity index (χ1n) is 6.95. The van der Waals surface area contributed by atoms with E-state index < -0.39 is 6.04 Å². The molecule has 2 unspecified atom stereocenters. The van der Waals surface area contributed by atoms with Gasteiger partial charge in [0.2, 0.25) is 11.8 Å². The minimum Gasteiger partial charge on any atom is -0.342 e. The average Bonchev–Trinajstić information content (AvgIpc) is 2.39. The van der Waals surface area contributed by atoms with Crippen molar-refractivity contribution in [1.82, 2.24) is 10.2 Å². The van der Waals surface area contributed by atoms with E-state index in [1.165, 1.54) is 6.42 Å². The Morgan fingerprint density at radius 2 is 2.00 bits per heavy atom. The van der Waals surface area contributed by atoms with Crippen molar-refractivity contribution in [2.45, 2.75) is 51.1 Å². The van der Waals surface area contributed by atoms with Crippen LogP contribution >= 0.6 is 15.9 Å². The van der Waals surface area contributed by atoms with Crippen molar-refractivity contribution in [2.24, 2.45) is 5.92 Å². The van der Waals surface area contributed by atoms with Crippen LogP contribution in [0.5, 0.6) is 0 Å². The molecule has 5 heteroatoms. The monoisotopic (exact) mass is 328 g/mol. The van der Waals surface area contributed by atoms with Crippen molar-refractivity contribution in [3.05, 3.63) is 11.1 Å². The summed E-state index contributed by atoms with van der Waals surface area (Å²) in [5.74, 6) is 0.285. The molecular formula is C14H21BrN2O2. The van der Waals surface area contributed by atoms with Gasteiger partial charge in [-0.3, -0.25) is 9.59 Å². The van der Waals surface area contributed by atoms with Crippen LogP contribution in [0.4, 0.5) is 0 Å². The Morgan fingerprint density at radius 3 is 2.58 bits per heavy atom. The molecule has 0 aromatic rings. The zero-order valence-corrected chi connectivity index (χ0v) is 12.9. The smallest absolute Gasteiger partial charge is 0.246 e. The van der Waals surface area contributed by atoms with Gasteiger partial charge in [-0.05, 0) is 25.7 Å². The van der Waals surface area contributed by atoms with Gasteiger partial charge in [0.1, 0.15) is 12.1 Å². The molecule has 1 aliphatic heterocycles. The lowest BCUT2D eigenvalue weighted by molar-refractivity contribution is -0.150. The van der Waals surface area contributed by atoms with E-state index in [0.717, 1.165) is 30.2 Å². The summed E-state index contributed by atoms with van der Waals surface area (Å²) in [6.45, 7) is 5.94. The number of piperazine rings is 1. The van der Waals surface area contributed by atoms with E-state index in [-0.39, 0.29) is 17.9 Å². The third-order valence-electron chi connectivity index (χ3n) is 4.16. The number of hydrogen-bond acceptors (Lipinski definition) is 2. The molecule has 0 radical (unpaired) electrons. The first kappa shape index (κ1) is 14.6. The normalized spacial score (nSPS) is 29.3. The fourth-order valence-electron chi connectivity index (χ4n) is 3.03. The highest BCUT2D eigenvalue weighted by Crippen LogP contribution is 2.29. The molecule has 2 fully saturated rings. The second-order valence-electron chi connectivity index (χ2n) is 5.54. The Morgan fingerprint density at radius 1 is 1.37 bits per heavy atom. The topological polar surface area (TPSA) is 49.4 Å². The fraction of sp³-hybridized carbons (Fsp3) is 0.714. The second-order valence-corrected chi connectivity index (χ2v) is 6.67. The molecule has 0 aromatic carbocycles. The SMILES string of the molecule is C=C(Br)CN1C(=O)C(C2CCCCC2)NC(=O)C1C. The van der Waals surface area contributed by atoms with E-state index in [1.807, 2.05) is 0 Å².